The summed E-state index contributed by atoms with van der Waals surface area (Å²) >= 11 is 0. The van der Waals surface area contributed by atoms with E-state index in [-0.39, 0.29) is 31.3 Å². The summed E-state index contributed by atoms with van der Waals surface area (Å²) in [6, 6.07) is 14.0. The molecule has 0 aliphatic carbocycles. The molecule has 2 aromatic carbocycles. The number of anilines is 1. The fourth-order valence-corrected chi connectivity index (χ4v) is 2.45. The van der Waals surface area contributed by atoms with Crippen molar-refractivity contribution in [3.8, 4) is 5.75 Å². The highest BCUT2D eigenvalue weighted by Crippen LogP contribution is 2.13. The van der Waals surface area contributed by atoms with Gasteiger partial charge in [0.05, 0.1) is 13.0 Å². The molecule has 0 radical (unpaired) electrons. The standard InChI is InChI=1S/C22H25NO5/c1-3-5-21(25)23-18-10-8-17(9-11-18)20(24)15-28-22(26)12-13-27-19-7-4-6-16(2)14-19/h4,6-11,14H,3,5,12-13,15H2,1-2H3,(H,23,25). The molecule has 0 bridgehead atoms. The number of nitrogens with one attached hydrogen (secondary N) is 1. The van der Waals surface area contributed by atoms with Crippen LogP contribution in [0.15, 0.2) is 48.5 Å². The fraction of sp³-hybridized carbons (Fsp3) is 0.318. The molecule has 0 fully saturated rings. The first-order valence-corrected chi connectivity index (χ1v) is 9.26. The first-order valence-electron chi connectivity index (χ1n) is 9.26. The van der Waals surface area contributed by atoms with Crippen molar-refractivity contribution in [2.24, 2.45) is 0 Å². The smallest absolute Gasteiger partial charge is 0.309 e. The quantitative estimate of drug-likeness (QED) is 0.497. The third-order valence-electron chi connectivity index (χ3n) is 3.90. The number of amides is 1. The number of esters is 1. The van der Waals surface area contributed by atoms with E-state index in [1.807, 2.05) is 38.1 Å². The van der Waals surface area contributed by atoms with Crippen LogP contribution in [-0.2, 0) is 14.3 Å². The van der Waals surface area contributed by atoms with Crippen molar-refractivity contribution in [2.75, 3.05) is 18.5 Å². The van der Waals surface area contributed by atoms with Crippen molar-refractivity contribution in [1.82, 2.24) is 0 Å². The molecule has 1 N–H and O–H groups in total. The molecule has 0 heterocycles. The van der Waals surface area contributed by atoms with Crippen LogP contribution < -0.4 is 10.1 Å². The van der Waals surface area contributed by atoms with E-state index in [4.69, 9.17) is 9.47 Å². The van der Waals surface area contributed by atoms with E-state index in [1.165, 1.54) is 0 Å². The predicted molar refractivity (Wildman–Crippen MR) is 107 cm³/mol. The highest BCUT2D eigenvalue weighted by Gasteiger charge is 2.11. The number of rotatable bonds is 10. The van der Waals surface area contributed by atoms with Gasteiger partial charge in [0.25, 0.3) is 0 Å². The van der Waals surface area contributed by atoms with Gasteiger partial charge in [-0.05, 0) is 55.3 Å². The Morgan fingerprint density at radius 2 is 1.75 bits per heavy atom. The van der Waals surface area contributed by atoms with Crippen molar-refractivity contribution in [3.05, 3.63) is 59.7 Å². The minimum Gasteiger partial charge on any atom is -0.493 e. The Labute approximate surface area is 164 Å². The number of hydrogen-bond acceptors (Lipinski definition) is 5. The van der Waals surface area contributed by atoms with Crippen molar-refractivity contribution in [3.63, 3.8) is 0 Å². The molecule has 0 aromatic heterocycles. The van der Waals surface area contributed by atoms with E-state index >= 15 is 0 Å². The van der Waals surface area contributed by atoms with Crippen LogP contribution in [0.2, 0.25) is 0 Å². The van der Waals surface area contributed by atoms with Gasteiger partial charge in [0, 0.05) is 17.7 Å². The molecule has 6 nitrogen and oxygen atoms in total. The zero-order chi connectivity index (χ0) is 20.4. The second kappa shape index (κ2) is 10.9. The summed E-state index contributed by atoms with van der Waals surface area (Å²) in [4.78, 5) is 35.4. The Kier molecular flexibility index (Phi) is 8.21. The molecule has 28 heavy (non-hydrogen) atoms. The number of ketones is 1. The number of aryl methyl sites for hydroxylation is 1. The van der Waals surface area contributed by atoms with Gasteiger partial charge in [0.1, 0.15) is 5.75 Å². The Bertz CT molecular complexity index is 814. The number of benzene rings is 2. The predicted octanol–water partition coefficient (Wildman–Crippen LogP) is 3.93. The summed E-state index contributed by atoms with van der Waals surface area (Å²) in [5.74, 6) is -0.178. The summed E-state index contributed by atoms with van der Waals surface area (Å²) in [6.45, 7) is 3.74. The molecule has 2 aromatic rings. The lowest BCUT2D eigenvalue weighted by Gasteiger charge is -2.08. The molecule has 0 aliphatic heterocycles. The molecular formula is C22H25NO5. The number of hydrogen-bond donors (Lipinski definition) is 1. The number of ether oxygens (including phenoxy) is 2. The molecule has 6 heteroatoms. The summed E-state index contributed by atoms with van der Waals surface area (Å²) in [6.07, 6.45) is 1.28. The molecule has 0 aliphatic rings. The Balaban J connectivity index is 1.72. The van der Waals surface area contributed by atoms with Gasteiger partial charge in [-0.2, -0.15) is 0 Å². The topological polar surface area (TPSA) is 81.7 Å². The van der Waals surface area contributed by atoms with Crippen molar-refractivity contribution >= 4 is 23.3 Å². The normalized spacial score (nSPS) is 10.2. The SMILES string of the molecule is CCCC(=O)Nc1ccc(C(=O)COC(=O)CCOc2cccc(C)c2)cc1. The van der Waals surface area contributed by atoms with Crippen molar-refractivity contribution in [2.45, 2.75) is 33.1 Å². The van der Waals surface area contributed by atoms with Gasteiger partial charge in [0.2, 0.25) is 5.91 Å². The Hall–Kier alpha value is -3.15. The van der Waals surface area contributed by atoms with Crippen LogP contribution in [0.4, 0.5) is 5.69 Å². The molecule has 148 valence electrons. The van der Waals surface area contributed by atoms with Crippen LogP contribution in [0.25, 0.3) is 0 Å². The van der Waals surface area contributed by atoms with E-state index in [0.29, 0.717) is 23.4 Å². The van der Waals surface area contributed by atoms with Crippen molar-refractivity contribution < 1.29 is 23.9 Å². The molecule has 2 rings (SSSR count). The van der Waals surface area contributed by atoms with Gasteiger partial charge in [-0.1, -0.05) is 19.1 Å². The minimum absolute atomic E-state index is 0.0591. The molecule has 0 atom stereocenters. The average molecular weight is 383 g/mol. The second-order valence-electron chi connectivity index (χ2n) is 6.37. The van der Waals surface area contributed by atoms with Crippen LogP contribution in [0, 0.1) is 6.92 Å². The third kappa shape index (κ3) is 7.23. The monoisotopic (exact) mass is 383 g/mol. The maximum atomic E-state index is 12.1. The van der Waals surface area contributed by atoms with E-state index in [1.54, 1.807) is 24.3 Å². The summed E-state index contributed by atoms with van der Waals surface area (Å²) < 4.78 is 10.5. The lowest BCUT2D eigenvalue weighted by Crippen LogP contribution is -2.16. The summed E-state index contributed by atoms with van der Waals surface area (Å²) in [5.41, 5.74) is 2.11. The van der Waals surface area contributed by atoms with Crippen LogP contribution in [0.3, 0.4) is 0 Å². The van der Waals surface area contributed by atoms with Crippen LogP contribution in [-0.4, -0.2) is 30.9 Å². The van der Waals surface area contributed by atoms with Crippen LogP contribution in [0.5, 0.6) is 5.75 Å². The zero-order valence-corrected chi connectivity index (χ0v) is 16.2. The maximum absolute atomic E-state index is 12.1. The highest BCUT2D eigenvalue weighted by molar-refractivity contribution is 5.98. The molecule has 0 spiro atoms. The Morgan fingerprint density at radius 1 is 1.00 bits per heavy atom. The van der Waals surface area contributed by atoms with Gasteiger partial charge in [-0.15, -0.1) is 0 Å². The van der Waals surface area contributed by atoms with Crippen LogP contribution in [0.1, 0.15) is 42.1 Å². The minimum atomic E-state index is -0.496. The van der Waals surface area contributed by atoms with Crippen molar-refractivity contribution in [1.29, 1.82) is 0 Å². The molecular weight excluding hydrogens is 358 g/mol. The summed E-state index contributed by atoms with van der Waals surface area (Å²) in [7, 11) is 0. The second-order valence-corrected chi connectivity index (χ2v) is 6.37. The molecule has 0 saturated heterocycles. The van der Waals surface area contributed by atoms with Gasteiger partial charge in [-0.3, -0.25) is 14.4 Å². The lowest BCUT2D eigenvalue weighted by molar-refractivity contribution is -0.143. The number of Topliss-reactive ketones (excluding diaryl/α,β-unsaturated/α-hetero) is 1. The van der Waals surface area contributed by atoms with Crippen LogP contribution >= 0.6 is 0 Å². The number of carbonyl (C=O) groups excluding carboxylic acids is 3. The van der Waals surface area contributed by atoms with E-state index in [0.717, 1.165) is 12.0 Å². The Morgan fingerprint density at radius 3 is 2.43 bits per heavy atom. The molecule has 1 amide bonds. The third-order valence-corrected chi connectivity index (χ3v) is 3.90. The lowest BCUT2D eigenvalue weighted by atomic mass is 10.1. The van der Waals surface area contributed by atoms with E-state index in [2.05, 4.69) is 5.32 Å². The first kappa shape index (κ1) is 21.2. The first-order chi connectivity index (χ1) is 13.5. The maximum Gasteiger partial charge on any atom is 0.309 e. The fourth-order valence-electron chi connectivity index (χ4n) is 2.45. The van der Waals surface area contributed by atoms with Gasteiger partial charge >= 0.3 is 5.97 Å². The molecule has 0 saturated carbocycles. The van der Waals surface area contributed by atoms with Gasteiger partial charge < -0.3 is 14.8 Å². The van der Waals surface area contributed by atoms with E-state index in [9.17, 15) is 14.4 Å². The zero-order valence-electron chi connectivity index (χ0n) is 16.2. The highest BCUT2D eigenvalue weighted by atomic mass is 16.5. The van der Waals surface area contributed by atoms with Gasteiger partial charge in [-0.25, -0.2) is 0 Å². The number of carbonyl (C=O) groups is 3. The summed E-state index contributed by atoms with van der Waals surface area (Å²) in [5, 5.41) is 2.75. The average Bonchev–Trinajstić information content (AvgIpc) is 2.67. The largest absolute Gasteiger partial charge is 0.493 e. The van der Waals surface area contributed by atoms with E-state index < -0.39 is 5.97 Å². The molecule has 0 unspecified atom stereocenters. The van der Waals surface area contributed by atoms with Gasteiger partial charge in [0.15, 0.2) is 12.4 Å².